The molecule has 1 atom stereocenters. The Kier molecular flexibility index (Phi) is 5.48. The first kappa shape index (κ1) is 17.6. The lowest BCUT2D eigenvalue weighted by Gasteiger charge is -2.16. The van der Waals surface area contributed by atoms with Crippen LogP contribution in [0.5, 0.6) is 0 Å². The van der Waals surface area contributed by atoms with Crippen molar-refractivity contribution in [1.82, 2.24) is 4.72 Å². The molecule has 1 N–H and O–H groups in total. The minimum absolute atomic E-state index is 0.267. The van der Waals surface area contributed by atoms with Crippen LogP contribution in [0.4, 0.5) is 0 Å². The minimum atomic E-state index is -3.61. The molecule has 128 valence electrons. The summed E-state index contributed by atoms with van der Waals surface area (Å²) in [5.41, 5.74) is 1.92. The standard InChI is InChI=1S/C20H19NO2S2/c1-16-9-12-19(13-10-16)25(22,23)21-20(17-6-3-2-4-7-17)14-11-18-8-5-15-24-18/h2-15,20-21H,1H3/b14-11+/t20-/m1/s1. The van der Waals surface area contributed by atoms with Gasteiger partial charge in [0, 0.05) is 4.88 Å². The molecule has 0 saturated heterocycles. The Balaban J connectivity index is 1.90. The maximum Gasteiger partial charge on any atom is 0.241 e. The Hall–Kier alpha value is -2.21. The number of aryl methyl sites for hydroxylation is 1. The molecule has 3 aromatic rings. The summed E-state index contributed by atoms with van der Waals surface area (Å²) in [6.45, 7) is 1.93. The highest BCUT2D eigenvalue weighted by atomic mass is 32.2. The second-order valence-electron chi connectivity index (χ2n) is 5.70. The van der Waals surface area contributed by atoms with E-state index in [4.69, 9.17) is 0 Å². The highest BCUT2D eigenvalue weighted by Gasteiger charge is 2.19. The highest BCUT2D eigenvalue weighted by molar-refractivity contribution is 7.89. The zero-order valence-corrected chi connectivity index (χ0v) is 15.4. The third-order valence-electron chi connectivity index (χ3n) is 3.77. The number of hydrogen-bond acceptors (Lipinski definition) is 3. The van der Waals surface area contributed by atoms with Gasteiger partial charge in [0.1, 0.15) is 0 Å². The zero-order chi connectivity index (χ0) is 17.7. The Morgan fingerprint density at radius 2 is 1.68 bits per heavy atom. The normalized spacial score (nSPS) is 13.2. The first-order valence-electron chi connectivity index (χ1n) is 7.90. The minimum Gasteiger partial charge on any atom is -0.207 e. The fraction of sp³-hybridized carbons (Fsp3) is 0.100. The lowest BCUT2D eigenvalue weighted by atomic mass is 10.1. The molecular formula is C20H19NO2S2. The van der Waals surface area contributed by atoms with Gasteiger partial charge in [0.2, 0.25) is 10.0 Å². The molecule has 3 nitrogen and oxygen atoms in total. The van der Waals surface area contributed by atoms with Gasteiger partial charge in [-0.3, -0.25) is 0 Å². The molecule has 0 aliphatic rings. The van der Waals surface area contributed by atoms with Gasteiger partial charge in [0.25, 0.3) is 0 Å². The maximum absolute atomic E-state index is 12.7. The van der Waals surface area contributed by atoms with Gasteiger partial charge < -0.3 is 0 Å². The van der Waals surface area contributed by atoms with Crippen molar-refractivity contribution in [2.75, 3.05) is 0 Å². The van der Waals surface area contributed by atoms with Crippen LogP contribution >= 0.6 is 11.3 Å². The lowest BCUT2D eigenvalue weighted by molar-refractivity contribution is 0.574. The van der Waals surface area contributed by atoms with Crippen LogP contribution in [0.2, 0.25) is 0 Å². The number of hydrogen-bond donors (Lipinski definition) is 1. The summed E-state index contributed by atoms with van der Waals surface area (Å²) in [4.78, 5) is 1.35. The van der Waals surface area contributed by atoms with E-state index in [-0.39, 0.29) is 4.90 Å². The second kappa shape index (κ2) is 7.78. The third kappa shape index (κ3) is 4.66. The molecule has 1 heterocycles. The topological polar surface area (TPSA) is 46.2 Å². The first-order chi connectivity index (χ1) is 12.0. The molecular weight excluding hydrogens is 350 g/mol. The quantitative estimate of drug-likeness (QED) is 0.679. The monoisotopic (exact) mass is 369 g/mol. The van der Waals surface area contributed by atoms with Crippen LogP contribution in [-0.2, 0) is 10.0 Å². The largest absolute Gasteiger partial charge is 0.241 e. The van der Waals surface area contributed by atoms with Crippen molar-refractivity contribution < 1.29 is 8.42 Å². The summed E-state index contributed by atoms with van der Waals surface area (Å²) in [5.74, 6) is 0. The number of sulfonamides is 1. The maximum atomic E-state index is 12.7. The van der Waals surface area contributed by atoms with Crippen molar-refractivity contribution in [3.05, 3.63) is 94.2 Å². The molecule has 0 fully saturated rings. The summed E-state index contributed by atoms with van der Waals surface area (Å²) in [6.07, 6.45) is 3.83. The third-order valence-corrected chi connectivity index (χ3v) is 6.06. The average Bonchev–Trinajstić information content (AvgIpc) is 3.13. The van der Waals surface area contributed by atoms with Crippen LogP contribution in [-0.4, -0.2) is 8.42 Å². The fourth-order valence-corrected chi connectivity index (χ4v) is 4.22. The molecule has 0 bridgehead atoms. The summed E-state index contributed by atoms with van der Waals surface area (Å²) in [5, 5.41) is 1.99. The van der Waals surface area contributed by atoms with Gasteiger partial charge in [-0.2, -0.15) is 4.72 Å². The van der Waals surface area contributed by atoms with Crippen LogP contribution in [0.25, 0.3) is 6.08 Å². The van der Waals surface area contributed by atoms with Crippen molar-refractivity contribution in [2.24, 2.45) is 0 Å². The molecule has 0 saturated carbocycles. The Morgan fingerprint density at radius 3 is 2.32 bits per heavy atom. The molecule has 0 aliphatic heterocycles. The van der Waals surface area contributed by atoms with E-state index in [1.54, 1.807) is 35.6 Å². The molecule has 3 rings (SSSR count). The summed E-state index contributed by atoms with van der Waals surface area (Å²) >= 11 is 1.61. The Labute approximate surface area is 152 Å². The summed E-state index contributed by atoms with van der Waals surface area (Å²) < 4.78 is 28.3. The second-order valence-corrected chi connectivity index (χ2v) is 8.39. The van der Waals surface area contributed by atoms with E-state index >= 15 is 0 Å². The zero-order valence-electron chi connectivity index (χ0n) is 13.8. The molecule has 1 aromatic heterocycles. The van der Waals surface area contributed by atoms with E-state index in [1.807, 2.05) is 66.9 Å². The van der Waals surface area contributed by atoms with E-state index in [0.717, 1.165) is 16.0 Å². The van der Waals surface area contributed by atoms with Crippen molar-refractivity contribution in [1.29, 1.82) is 0 Å². The van der Waals surface area contributed by atoms with Crippen LogP contribution in [0.15, 0.2) is 83.1 Å². The van der Waals surface area contributed by atoms with E-state index in [9.17, 15) is 8.42 Å². The number of rotatable bonds is 6. The van der Waals surface area contributed by atoms with E-state index < -0.39 is 16.1 Å². The molecule has 2 aromatic carbocycles. The molecule has 25 heavy (non-hydrogen) atoms. The molecule has 5 heteroatoms. The molecule has 0 aliphatic carbocycles. The first-order valence-corrected chi connectivity index (χ1v) is 10.3. The SMILES string of the molecule is Cc1ccc(S(=O)(=O)N[C@H](/C=C/c2cccs2)c2ccccc2)cc1. The Bertz CT molecular complexity index is 929. The molecule has 0 unspecified atom stereocenters. The van der Waals surface area contributed by atoms with Gasteiger partial charge in [0.15, 0.2) is 0 Å². The van der Waals surface area contributed by atoms with Crippen LogP contribution < -0.4 is 4.72 Å². The lowest BCUT2D eigenvalue weighted by Crippen LogP contribution is -2.27. The smallest absolute Gasteiger partial charge is 0.207 e. The number of nitrogens with one attached hydrogen (secondary N) is 1. The van der Waals surface area contributed by atoms with Gasteiger partial charge in [-0.05, 0) is 42.1 Å². The predicted molar refractivity (Wildman–Crippen MR) is 104 cm³/mol. The average molecular weight is 370 g/mol. The van der Waals surface area contributed by atoms with Crippen molar-refractivity contribution >= 4 is 27.4 Å². The molecule has 0 spiro atoms. The van der Waals surface area contributed by atoms with Crippen molar-refractivity contribution in [3.8, 4) is 0 Å². The van der Waals surface area contributed by atoms with E-state index in [1.165, 1.54) is 0 Å². The number of thiophene rings is 1. The van der Waals surface area contributed by atoms with Gasteiger partial charge in [-0.25, -0.2) is 8.42 Å². The van der Waals surface area contributed by atoms with Crippen molar-refractivity contribution in [2.45, 2.75) is 17.9 Å². The van der Waals surface area contributed by atoms with Crippen molar-refractivity contribution in [3.63, 3.8) is 0 Å². The summed E-state index contributed by atoms with van der Waals surface area (Å²) in [6, 6.07) is 19.9. The molecule has 0 radical (unpaired) electrons. The molecule has 0 amide bonds. The van der Waals surface area contributed by atoms with E-state index in [0.29, 0.717) is 0 Å². The fourth-order valence-electron chi connectivity index (χ4n) is 2.41. The predicted octanol–water partition coefficient (Wildman–Crippen LogP) is 4.79. The summed E-state index contributed by atoms with van der Waals surface area (Å²) in [7, 11) is -3.61. The van der Waals surface area contributed by atoms with Gasteiger partial charge in [-0.1, -0.05) is 60.2 Å². The van der Waals surface area contributed by atoms with Crippen LogP contribution in [0, 0.1) is 6.92 Å². The van der Waals surface area contributed by atoms with Gasteiger partial charge in [0.05, 0.1) is 10.9 Å². The van der Waals surface area contributed by atoms with Gasteiger partial charge >= 0.3 is 0 Å². The highest BCUT2D eigenvalue weighted by Crippen LogP contribution is 2.21. The van der Waals surface area contributed by atoms with Crippen LogP contribution in [0.3, 0.4) is 0 Å². The Morgan fingerprint density at radius 1 is 0.960 bits per heavy atom. The van der Waals surface area contributed by atoms with Gasteiger partial charge in [-0.15, -0.1) is 11.3 Å². The van der Waals surface area contributed by atoms with Crippen LogP contribution in [0.1, 0.15) is 22.0 Å². The van der Waals surface area contributed by atoms with E-state index in [2.05, 4.69) is 4.72 Å². The number of benzene rings is 2.